The Bertz CT molecular complexity index is 971. The van der Waals surface area contributed by atoms with Gasteiger partial charge in [-0.05, 0) is 55.2 Å². The molecule has 1 aliphatic carbocycles. The first-order chi connectivity index (χ1) is 11.6. The van der Waals surface area contributed by atoms with E-state index in [4.69, 9.17) is 11.6 Å². The number of hydrogen-bond donors (Lipinski definition) is 1. The van der Waals surface area contributed by atoms with Gasteiger partial charge in [0.05, 0.1) is 16.8 Å². The lowest BCUT2D eigenvalue weighted by Gasteiger charge is -2.13. The highest BCUT2D eigenvalue weighted by Gasteiger charge is 2.24. The molecule has 0 unspecified atom stereocenters. The topological polar surface area (TPSA) is 42.0 Å². The maximum absolute atomic E-state index is 13.9. The zero-order valence-corrected chi connectivity index (χ0v) is 13.5. The summed E-state index contributed by atoms with van der Waals surface area (Å²) in [6.07, 6.45) is 2.62. The number of hydrogen-bond acceptors (Lipinski definition) is 2. The fraction of sp³-hybridized carbons (Fsp3) is 0.158. The third kappa shape index (κ3) is 2.53. The zero-order valence-electron chi connectivity index (χ0n) is 12.8. The van der Waals surface area contributed by atoms with Crippen molar-refractivity contribution in [2.75, 3.05) is 5.32 Å². The number of anilines is 1. The van der Waals surface area contributed by atoms with Crippen LogP contribution in [0.1, 0.15) is 28.0 Å². The molecule has 120 valence electrons. The third-order valence-electron chi connectivity index (χ3n) is 4.32. The SMILES string of the molecule is O=C(Nc1ccccc1F)c1c2c(nc3ccc(Cl)cc13)CCC2. The number of halogens is 2. The second-order valence-corrected chi connectivity index (χ2v) is 6.30. The minimum absolute atomic E-state index is 0.168. The monoisotopic (exact) mass is 340 g/mol. The highest BCUT2D eigenvalue weighted by Crippen LogP contribution is 2.32. The molecule has 0 bridgehead atoms. The lowest BCUT2D eigenvalue weighted by atomic mass is 10.0. The summed E-state index contributed by atoms with van der Waals surface area (Å²) < 4.78 is 13.9. The molecular formula is C19H14ClFN2O. The van der Waals surface area contributed by atoms with E-state index in [1.807, 2.05) is 6.07 Å². The van der Waals surface area contributed by atoms with E-state index < -0.39 is 5.82 Å². The summed E-state index contributed by atoms with van der Waals surface area (Å²) in [4.78, 5) is 17.6. The lowest BCUT2D eigenvalue weighted by molar-refractivity contribution is 0.102. The molecule has 0 fully saturated rings. The molecule has 2 aromatic carbocycles. The number of aromatic nitrogens is 1. The van der Waals surface area contributed by atoms with Crippen LogP contribution in [0.25, 0.3) is 10.9 Å². The molecular weight excluding hydrogens is 327 g/mol. The van der Waals surface area contributed by atoms with E-state index in [9.17, 15) is 9.18 Å². The van der Waals surface area contributed by atoms with Gasteiger partial charge in [0.2, 0.25) is 0 Å². The first-order valence-electron chi connectivity index (χ1n) is 7.80. The van der Waals surface area contributed by atoms with Crippen LogP contribution >= 0.6 is 11.6 Å². The molecule has 5 heteroatoms. The van der Waals surface area contributed by atoms with Crippen LogP contribution in [0.15, 0.2) is 42.5 Å². The molecule has 3 aromatic rings. The van der Waals surface area contributed by atoms with Crippen LogP contribution in [0.3, 0.4) is 0 Å². The number of nitrogens with zero attached hydrogens (tertiary/aromatic N) is 1. The molecule has 4 rings (SSSR count). The molecule has 0 spiro atoms. The van der Waals surface area contributed by atoms with Crippen molar-refractivity contribution in [1.29, 1.82) is 0 Å². The molecule has 1 aromatic heterocycles. The van der Waals surface area contributed by atoms with E-state index in [1.165, 1.54) is 6.07 Å². The van der Waals surface area contributed by atoms with Crippen LogP contribution in [-0.4, -0.2) is 10.9 Å². The highest BCUT2D eigenvalue weighted by molar-refractivity contribution is 6.31. The van der Waals surface area contributed by atoms with Gasteiger partial charge in [0.15, 0.2) is 0 Å². The van der Waals surface area contributed by atoms with E-state index in [-0.39, 0.29) is 11.6 Å². The van der Waals surface area contributed by atoms with Crippen LogP contribution in [0.5, 0.6) is 0 Å². The summed E-state index contributed by atoms with van der Waals surface area (Å²) in [5.74, 6) is -0.785. The van der Waals surface area contributed by atoms with Crippen LogP contribution in [0.4, 0.5) is 10.1 Å². The summed E-state index contributed by atoms with van der Waals surface area (Å²) in [5.41, 5.74) is 3.35. The molecule has 0 aliphatic heterocycles. The maximum atomic E-state index is 13.9. The quantitative estimate of drug-likeness (QED) is 0.730. The van der Waals surface area contributed by atoms with Gasteiger partial charge in [0.25, 0.3) is 5.91 Å². The summed E-state index contributed by atoms with van der Waals surface area (Å²) in [7, 11) is 0. The number of para-hydroxylation sites is 1. The molecule has 1 amide bonds. The molecule has 24 heavy (non-hydrogen) atoms. The molecule has 0 saturated carbocycles. The van der Waals surface area contributed by atoms with Gasteiger partial charge in [-0.25, -0.2) is 4.39 Å². The number of rotatable bonds is 2. The number of benzene rings is 2. The van der Waals surface area contributed by atoms with Crippen LogP contribution in [-0.2, 0) is 12.8 Å². The fourth-order valence-corrected chi connectivity index (χ4v) is 3.41. The van der Waals surface area contributed by atoms with Gasteiger partial charge >= 0.3 is 0 Å². The van der Waals surface area contributed by atoms with E-state index in [1.54, 1.807) is 30.3 Å². The number of nitrogens with one attached hydrogen (secondary N) is 1. The number of pyridine rings is 1. The van der Waals surface area contributed by atoms with Crippen LogP contribution in [0, 0.1) is 5.82 Å². The zero-order chi connectivity index (χ0) is 16.7. The Kier molecular flexibility index (Phi) is 3.69. The first kappa shape index (κ1) is 15.1. The number of carbonyl (C=O) groups is 1. The highest BCUT2D eigenvalue weighted by atomic mass is 35.5. The minimum Gasteiger partial charge on any atom is -0.319 e. The summed E-state index contributed by atoms with van der Waals surface area (Å²) in [6.45, 7) is 0. The second-order valence-electron chi connectivity index (χ2n) is 5.86. The average Bonchev–Trinajstić information content (AvgIpc) is 3.02. The van der Waals surface area contributed by atoms with Gasteiger partial charge < -0.3 is 5.32 Å². The minimum atomic E-state index is -0.459. The maximum Gasteiger partial charge on any atom is 0.256 e. The molecule has 0 atom stereocenters. The predicted molar refractivity (Wildman–Crippen MR) is 93.1 cm³/mol. The largest absolute Gasteiger partial charge is 0.319 e. The molecule has 0 radical (unpaired) electrons. The normalized spacial score (nSPS) is 13.1. The van der Waals surface area contributed by atoms with Crippen molar-refractivity contribution < 1.29 is 9.18 Å². The van der Waals surface area contributed by atoms with Gasteiger partial charge in [-0.1, -0.05) is 23.7 Å². The van der Waals surface area contributed by atoms with Gasteiger partial charge in [-0.2, -0.15) is 0 Å². The van der Waals surface area contributed by atoms with Gasteiger partial charge in [0, 0.05) is 16.1 Å². The second kappa shape index (κ2) is 5.87. The van der Waals surface area contributed by atoms with Crippen molar-refractivity contribution in [3.05, 3.63) is 70.1 Å². The standard InChI is InChI=1S/C19H14ClFN2O/c20-11-8-9-16-13(10-11)18(12-4-3-7-15(12)22-16)19(24)23-17-6-2-1-5-14(17)21/h1-2,5-6,8-10H,3-4,7H2,(H,23,24). The average molecular weight is 341 g/mol. The van der Waals surface area contributed by atoms with E-state index in [0.29, 0.717) is 16.0 Å². The lowest BCUT2D eigenvalue weighted by Crippen LogP contribution is -2.16. The summed E-state index contributed by atoms with van der Waals surface area (Å²) in [5, 5.41) is 3.93. The Morgan fingerprint density at radius 2 is 2.00 bits per heavy atom. The van der Waals surface area contributed by atoms with Crippen molar-refractivity contribution in [2.24, 2.45) is 0 Å². The van der Waals surface area contributed by atoms with E-state index in [2.05, 4.69) is 10.3 Å². The Morgan fingerprint density at radius 1 is 1.17 bits per heavy atom. The predicted octanol–water partition coefficient (Wildman–Crippen LogP) is 4.77. The fourth-order valence-electron chi connectivity index (χ4n) is 3.24. The Balaban J connectivity index is 1.87. The Hall–Kier alpha value is -2.46. The van der Waals surface area contributed by atoms with E-state index >= 15 is 0 Å². The van der Waals surface area contributed by atoms with Gasteiger partial charge in [-0.15, -0.1) is 0 Å². The molecule has 3 nitrogen and oxygen atoms in total. The van der Waals surface area contributed by atoms with Crippen molar-refractivity contribution in [3.8, 4) is 0 Å². The number of amides is 1. The van der Waals surface area contributed by atoms with Crippen LogP contribution in [0.2, 0.25) is 5.02 Å². The Labute approximate surface area is 143 Å². The van der Waals surface area contributed by atoms with Crippen molar-refractivity contribution in [1.82, 2.24) is 4.98 Å². The van der Waals surface area contributed by atoms with Gasteiger partial charge in [-0.3, -0.25) is 9.78 Å². The summed E-state index contributed by atoms with van der Waals surface area (Å²) in [6, 6.07) is 11.5. The number of fused-ring (bicyclic) bond motifs is 2. The van der Waals surface area contributed by atoms with E-state index in [0.717, 1.165) is 36.0 Å². The van der Waals surface area contributed by atoms with Crippen molar-refractivity contribution in [3.63, 3.8) is 0 Å². The first-order valence-corrected chi connectivity index (χ1v) is 8.18. The molecule has 1 aliphatic rings. The Morgan fingerprint density at radius 3 is 2.83 bits per heavy atom. The summed E-state index contributed by atoms with van der Waals surface area (Å²) >= 11 is 6.11. The molecule has 1 heterocycles. The van der Waals surface area contributed by atoms with Crippen molar-refractivity contribution >= 4 is 34.1 Å². The molecule has 1 N–H and O–H groups in total. The smallest absolute Gasteiger partial charge is 0.256 e. The number of aryl methyl sites for hydroxylation is 1. The van der Waals surface area contributed by atoms with Crippen LogP contribution < -0.4 is 5.32 Å². The third-order valence-corrected chi connectivity index (χ3v) is 4.56. The van der Waals surface area contributed by atoms with Gasteiger partial charge in [0.1, 0.15) is 5.82 Å². The number of carbonyl (C=O) groups excluding carboxylic acids is 1. The molecule has 0 saturated heterocycles. The van der Waals surface area contributed by atoms with Crippen molar-refractivity contribution in [2.45, 2.75) is 19.3 Å².